The lowest BCUT2D eigenvalue weighted by atomic mass is 10.0. The maximum atomic E-state index is 11.4. The van der Waals surface area contributed by atoms with Crippen molar-refractivity contribution in [1.82, 2.24) is 4.98 Å². The van der Waals surface area contributed by atoms with Gasteiger partial charge in [-0.2, -0.15) is 0 Å². The van der Waals surface area contributed by atoms with Crippen LogP contribution in [0.15, 0.2) is 54.7 Å². The summed E-state index contributed by atoms with van der Waals surface area (Å²) in [6.07, 6.45) is 1.63. The van der Waals surface area contributed by atoms with Gasteiger partial charge in [0.25, 0.3) is 0 Å². The number of benzene rings is 2. The van der Waals surface area contributed by atoms with Crippen molar-refractivity contribution in [2.75, 3.05) is 12.4 Å². The maximum absolute atomic E-state index is 11.4. The molecule has 2 aromatic carbocycles. The number of hydrogen-bond acceptors (Lipinski definition) is 4. The second kappa shape index (κ2) is 8.10. The monoisotopic (exact) mass is 382 g/mol. The Morgan fingerprint density at radius 1 is 1.22 bits per heavy atom. The fourth-order valence-corrected chi connectivity index (χ4v) is 3.06. The minimum absolute atomic E-state index is 0.0766. The molecule has 0 radical (unpaired) electrons. The van der Waals surface area contributed by atoms with Gasteiger partial charge in [-0.05, 0) is 36.2 Å². The highest BCUT2D eigenvalue weighted by molar-refractivity contribution is 6.33. The van der Waals surface area contributed by atoms with Crippen LogP contribution >= 0.6 is 11.6 Å². The fourth-order valence-electron chi connectivity index (χ4n) is 2.80. The minimum Gasteiger partial charge on any atom is -0.496 e. The average molecular weight is 383 g/mol. The molecule has 5 nitrogen and oxygen atoms in total. The van der Waals surface area contributed by atoms with Crippen molar-refractivity contribution in [3.63, 3.8) is 0 Å². The smallest absolute Gasteiger partial charge is 0.339 e. The van der Waals surface area contributed by atoms with Gasteiger partial charge in [-0.15, -0.1) is 0 Å². The van der Waals surface area contributed by atoms with Gasteiger partial charge in [0.2, 0.25) is 0 Å². The van der Waals surface area contributed by atoms with Gasteiger partial charge in [-0.1, -0.05) is 47.5 Å². The number of aryl methyl sites for hydroxylation is 1. The molecule has 0 bridgehead atoms. The molecular weight excluding hydrogens is 364 g/mol. The highest BCUT2D eigenvalue weighted by Crippen LogP contribution is 2.32. The van der Waals surface area contributed by atoms with Crippen molar-refractivity contribution in [3.05, 3.63) is 76.4 Å². The Morgan fingerprint density at radius 2 is 2.04 bits per heavy atom. The Labute approximate surface area is 162 Å². The zero-order valence-corrected chi connectivity index (χ0v) is 15.7. The van der Waals surface area contributed by atoms with Gasteiger partial charge in [-0.25, -0.2) is 9.78 Å². The van der Waals surface area contributed by atoms with E-state index in [-0.39, 0.29) is 5.56 Å². The highest BCUT2D eigenvalue weighted by atomic mass is 35.5. The van der Waals surface area contributed by atoms with Crippen molar-refractivity contribution in [1.29, 1.82) is 0 Å². The van der Waals surface area contributed by atoms with Crippen LogP contribution in [0, 0.1) is 6.92 Å². The Hall–Kier alpha value is -3.05. The summed E-state index contributed by atoms with van der Waals surface area (Å²) in [6.45, 7) is 2.68. The molecule has 3 aromatic rings. The molecular formula is C21H19ClN2O3. The summed E-state index contributed by atoms with van der Waals surface area (Å²) in [5, 5.41) is 13.1. The summed E-state index contributed by atoms with van der Waals surface area (Å²) in [6, 6.07) is 14.8. The van der Waals surface area contributed by atoms with Crippen molar-refractivity contribution in [3.8, 4) is 16.9 Å². The number of anilines is 1. The first-order valence-corrected chi connectivity index (χ1v) is 8.72. The Bertz CT molecular complexity index is 989. The number of ether oxygens (including phenoxy) is 1. The standard InChI is InChI=1S/C21H19ClN2O3/c1-13-4-3-5-14(8-13)11-23-20-10-18(22)17(12-24-20)15-6-7-19(27-2)16(9-15)21(25)26/h3-10,12H,11H2,1-2H3,(H,23,24)(H,25,26). The van der Waals surface area contributed by atoms with Crippen LogP contribution in [0.2, 0.25) is 5.02 Å². The Balaban J connectivity index is 1.82. The summed E-state index contributed by atoms with van der Waals surface area (Å²) in [5.74, 6) is -0.113. The van der Waals surface area contributed by atoms with Crippen LogP contribution in [0.25, 0.3) is 11.1 Å². The van der Waals surface area contributed by atoms with Gasteiger partial charge in [0, 0.05) is 18.3 Å². The molecule has 0 spiro atoms. The van der Waals surface area contributed by atoms with Crippen LogP contribution < -0.4 is 10.1 Å². The van der Waals surface area contributed by atoms with Gasteiger partial charge < -0.3 is 15.2 Å². The number of methoxy groups -OCH3 is 1. The van der Waals surface area contributed by atoms with Crippen LogP contribution in [0.3, 0.4) is 0 Å². The minimum atomic E-state index is -1.06. The predicted octanol–water partition coefficient (Wildman–Crippen LogP) is 5.03. The van der Waals surface area contributed by atoms with Crippen molar-refractivity contribution in [2.45, 2.75) is 13.5 Å². The van der Waals surface area contributed by atoms with Gasteiger partial charge in [-0.3, -0.25) is 0 Å². The third kappa shape index (κ3) is 4.38. The summed E-state index contributed by atoms with van der Waals surface area (Å²) >= 11 is 6.42. The normalized spacial score (nSPS) is 10.5. The molecule has 0 fully saturated rings. The van der Waals surface area contributed by atoms with Crippen molar-refractivity contribution < 1.29 is 14.6 Å². The number of aromatic carboxylic acids is 1. The molecule has 1 heterocycles. The SMILES string of the molecule is COc1ccc(-c2cnc(NCc3cccc(C)c3)cc2Cl)cc1C(=O)O. The number of halogens is 1. The number of nitrogens with zero attached hydrogens (tertiary/aromatic N) is 1. The van der Waals surface area contributed by atoms with E-state index in [9.17, 15) is 9.90 Å². The molecule has 0 aliphatic carbocycles. The molecule has 0 aliphatic heterocycles. The molecule has 0 atom stereocenters. The summed E-state index contributed by atoms with van der Waals surface area (Å²) < 4.78 is 5.09. The fraction of sp³-hybridized carbons (Fsp3) is 0.143. The number of nitrogens with one attached hydrogen (secondary N) is 1. The third-order valence-corrected chi connectivity index (χ3v) is 4.46. The van der Waals surface area contributed by atoms with Crippen LogP contribution in [-0.4, -0.2) is 23.2 Å². The van der Waals surface area contributed by atoms with Crippen LogP contribution in [0.4, 0.5) is 5.82 Å². The molecule has 2 N–H and O–H groups in total. The number of aromatic nitrogens is 1. The number of carboxylic acid groups (broad SMARTS) is 1. The first kappa shape index (κ1) is 18.7. The predicted molar refractivity (Wildman–Crippen MR) is 107 cm³/mol. The molecule has 0 saturated carbocycles. The van der Waals surface area contributed by atoms with E-state index in [4.69, 9.17) is 16.3 Å². The molecule has 0 aliphatic rings. The van der Waals surface area contributed by atoms with Crippen LogP contribution in [0.5, 0.6) is 5.75 Å². The lowest BCUT2D eigenvalue weighted by molar-refractivity contribution is 0.0693. The van der Waals surface area contributed by atoms with Gasteiger partial charge in [0.15, 0.2) is 0 Å². The molecule has 1 aromatic heterocycles. The Morgan fingerprint density at radius 3 is 2.70 bits per heavy atom. The zero-order valence-electron chi connectivity index (χ0n) is 15.0. The number of carbonyl (C=O) groups is 1. The third-order valence-electron chi connectivity index (χ3n) is 4.15. The number of carboxylic acids is 1. The molecule has 27 heavy (non-hydrogen) atoms. The van der Waals surface area contributed by atoms with E-state index in [1.54, 1.807) is 24.4 Å². The lowest BCUT2D eigenvalue weighted by Crippen LogP contribution is -2.02. The van der Waals surface area contributed by atoms with E-state index in [1.165, 1.54) is 18.7 Å². The molecule has 0 unspecified atom stereocenters. The quantitative estimate of drug-likeness (QED) is 0.625. The zero-order chi connectivity index (χ0) is 19.4. The molecule has 138 valence electrons. The molecule has 3 rings (SSSR count). The number of hydrogen-bond donors (Lipinski definition) is 2. The summed E-state index contributed by atoms with van der Waals surface area (Å²) in [7, 11) is 1.44. The molecule has 6 heteroatoms. The van der Waals surface area contributed by atoms with Crippen LogP contribution in [-0.2, 0) is 6.54 Å². The van der Waals surface area contributed by atoms with E-state index in [2.05, 4.69) is 16.4 Å². The highest BCUT2D eigenvalue weighted by Gasteiger charge is 2.14. The van der Waals surface area contributed by atoms with Crippen LogP contribution in [0.1, 0.15) is 21.5 Å². The Kier molecular flexibility index (Phi) is 5.62. The van der Waals surface area contributed by atoms with E-state index < -0.39 is 5.97 Å². The second-order valence-electron chi connectivity index (χ2n) is 6.11. The molecule has 0 saturated heterocycles. The van der Waals surface area contributed by atoms with E-state index in [0.717, 1.165) is 5.56 Å². The number of rotatable bonds is 6. The van der Waals surface area contributed by atoms with E-state index >= 15 is 0 Å². The second-order valence-corrected chi connectivity index (χ2v) is 6.52. The topological polar surface area (TPSA) is 71.5 Å². The van der Waals surface area contributed by atoms with Crippen molar-refractivity contribution in [2.24, 2.45) is 0 Å². The first-order valence-electron chi connectivity index (χ1n) is 8.34. The van der Waals surface area contributed by atoms with Gasteiger partial charge >= 0.3 is 5.97 Å². The average Bonchev–Trinajstić information content (AvgIpc) is 2.66. The largest absolute Gasteiger partial charge is 0.496 e. The first-order chi connectivity index (χ1) is 13.0. The van der Waals surface area contributed by atoms with Gasteiger partial charge in [0.1, 0.15) is 17.1 Å². The van der Waals surface area contributed by atoms with Gasteiger partial charge in [0.05, 0.1) is 12.1 Å². The van der Waals surface area contributed by atoms with E-state index in [0.29, 0.717) is 34.3 Å². The summed E-state index contributed by atoms with van der Waals surface area (Å²) in [4.78, 5) is 15.8. The lowest BCUT2D eigenvalue weighted by Gasteiger charge is -2.11. The number of pyridine rings is 1. The van der Waals surface area contributed by atoms with E-state index in [1.807, 2.05) is 25.1 Å². The maximum Gasteiger partial charge on any atom is 0.339 e. The summed E-state index contributed by atoms with van der Waals surface area (Å²) in [5.41, 5.74) is 3.74. The molecule has 0 amide bonds. The van der Waals surface area contributed by atoms with Crippen molar-refractivity contribution >= 4 is 23.4 Å².